The molecule has 0 amide bonds. The number of hydrogen-bond donors (Lipinski definition) is 1. The van der Waals surface area contributed by atoms with Crippen molar-refractivity contribution >= 4 is 18.5 Å². The van der Waals surface area contributed by atoms with E-state index in [4.69, 9.17) is 9.26 Å². The molecule has 1 heterocycles. The summed E-state index contributed by atoms with van der Waals surface area (Å²) in [4.78, 5) is 11.9. The highest BCUT2D eigenvalue weighted by Crippen LogP contribution is 2.52. The Morgan fingerprint density at radius 1 is 1.45 bits per heavy atom. The van der Waals surface area contributed by atoms with Gasteiger partial charge < -0.3 is 14.4 Å². The van der Waals surface area contributed by atoms with Crippen molar-refractivity contribution in [3.8, 4) is 0 Å². The second kappa shape index (κ2) is 6.64. The van der Waals surface area contributed by atoms with Crippen molar-refractivity contribution in [2.75, 3.05) is 19.8 Å². The molecule has 110 valence electrons. The highest BCUT2D eigenvalue weighted by Gasteiger charge is 2.43. The third kappa shape index (κ3) is 3.01. The Hall–Kier alpha value is -1.00. The predicted octanol–water partition coefficient (Wildman–Crippen LogP) is 1.55. The number of ketones is 1. The lowest BCUT2D eigenvalue weighted by molar-refractivity contribution is -0.133. The molecule has 1 aromatic rings. The molecule has 0 spiro atoms. The van der Waals surface area contributed by atoms with E-state index in [2.05, 4.69) is 0 Å². The van der Waals surface area contributed by atoms with Crippen LogP contribution in [-0.2, 0) is 18.6 Å². The van der Waals surface area contributed by atoms with E-state index in [0.717, 1.165) is 0 Å². The molecule has 1 aromatic carbocycles. The van der Waals surface area contributed by atoms with Gasteiger partial charge in [-0.2, -0.15) is 0 Å². The number of benzene rings is 1. The largest absolute Gasteiger partial charge is 0.382 e. The van der Waals surface area contributed by atoms with Crippen molar-refractivity contribution in [3.05, 3.63) is 30.3 Å². The van der Waals surface area contributed by atoms with E-state index in [-0.39, 0.29) is 25.4 Å². The van der Waals surface area contributed by atoms with Gasteiger partial charge in [0.15, 0.2) is 0 Å². The number of Topliss-reactive ketones (excluding diaryl/α,β-unsaturated/α-hetero) is 1. The Morgan fingerprint density at radius 2 is 2.15 bits per heavy atom. The van der Waals surface area contributed by atoms with Gasteiger partial charge in [0, 0.05) is 11.7 Å². The van der Waals surface area contributed by atoms with Gasteiger partial charge in [-0.05, 0) is 19.1 Å². The van der Waals surface area contributed by atoms with E-state index in [9.17, 15) is 14.5 Å². The quantitative estimate of drug-likeness (QED) is 0.835. The normalized spacial score (nSPS) is 24.1. The number of aliphatic hydroxyl groups is 1. The predicted molar refractivity (Wildman–Crippen MR) is 75.2 cm³/mol. The topological polar surface area (TPSA) is 72.8 Å². The van der Waals surface area contributed by atoms with Crippen LogP contribution in [0.1, 0.15) is 13.3 Å². The summed E-state index contributed by atoms with van der Waals surface area (Å²) in [6.07, 6.45) is 0.239. The fraction of sp³-hybridized carbons (Fsp3) is 0.500. The number of rotatable bonds is 5. The maximum absolute atomic E-state index is 13.1. The zero-order chi connectivity index (χ0) is 14.6. The standard InChI is InChI=1S/C14H19O5P/c1-2-19-20(17,11-6-4-3-5-7-11)14(16)12-10-18-9-8-13(12)15/h3-7,12,14,16H,2,8-10H2,1H3/t12-,14-,20+/m0/s1. The number of hydrogen-bond acceptors (Lipinski definition) is 5. The molecule has 0 bridgehead atoms. The minimum atomic E-state index is -3.51. The maximum atomic E-state index is 13.1. The third-order valence-electron chi connectivity index (χ3n) is 3.35. The van der Waals surface area contributed by atoms with Crippen molar-refractivity contribution in [1.29, 1.82) is 0 Å². The molecule has 0 aromatic heterocycles. The summed E-state index contributed by atoms with van der Waals surface area (Å²) in [6, 6.07) is 8.54. The number of carbonyl (C=O) groups excluding carboxylic acids is 1. The molecule has 2 rings (SSSR count). The van der Waals surface area contributed by atoms with Crippen LogP contribution in [0.2, 0.25) is 0 Å². The van der Waals surface area contributed by atoms with Crippen LogP contribution < -0.4 is 5.30 Å². The average Bonchev–Trinajstić information content (AvgIpc) is 2.48. The molecular weight excluding hydrogens is 279 g/mol. The van der Waals surface area contributed by atoms with E-state index < -0.39 is 19.1 Å². The summed E-state index contributed by atoms with van der Waals surface area (Å²) in [6.45, 7) is 2.35. The Morgan fingerprint density at radius 3 is 2.75 bits per heavy atom. The third-order valence-corrected chi connectivity index (χ3v) is 6.07. The summed E-state index contributed by atoms with van der Waals surface area (Å²) in [7, 11) is -3.51. The molecular formula is C14H19O5P. The minimum Gasteiger partial charge on any atom is -0.382 e. The van der Waals surface area contributed by atoms with Crippen LogP contribution in [0.3, 0.4) is 0 Å². The van der Waals surface area contributed by atoms with Crippen LogP contribution in [0.4, 0.5) is 0 Å². The number of ether oxygens (including phenoxy) is 1. The van der Waals surface area contributed by atoms with Crippen molar-refractivity contribution in [1.82, 2.24) is 0 Å². The summed E-state index contributed by atoms with van der Waals surface area (Å²) < 4.78 is 23.7. The van der Waals surface area contributed by atoms with E-state index in [1.807, 2.05) is 0 Å². The van der Waals surface area contributed by atoms with Gasteiger partial charge in [0.05, 0.1) is 25.7 Å². The van der Waals surface area contributed by atoms with Gasteiger partial charge in [-0.3, -0.25) is 9.36 Å². The lowest BCUT2D eigenvalue weighted by atomic mass is 10.0. The number of aliphatic hydroxyl groups excluding tert-OH is 1. The van der Waals surface area contributed by atoms with Gasteiger partial charge in [0.25, 0.3) is 7.37 Å². The van der Waals surface area contributed by atoms with Crippen LogP contribution in [0.5, 0.6) is 0 Å². The van der Waals surface area contributed by atoms with Gasteiger partial charge in [-0.15, -0.1) is 0 Å². The molecule has 5 nitrogen and oxygen atoms in total. The molecule has 20 heavy (non-hydrogen) atoms. The first-order chi connectivity index (χ1) is 9.59. The van der Waals surface area contributed by atoms with Crippen LogP contribution in [-0.4, -0.2) is 36.6 Å². The van der Waals surface area contributed by atoms with E-state index >= 15 is 0 Å². The van der Waals surface area contributed by atoms with Crippen molar-refractivity contribution in [2.45, 2.75) is 19.2 Å². The average molecular weight is 298 g/mol. The molecule has 1 N–H and O–H groups in total. The van der Waals surface area contributed by atoms with Gasteiger partial charge in [-0.1, -0.05) is 18.2 Å². The van der Waals surface area contributed by atoms with E-state index in [1.54, 1.807) is 37.3 Å². The second-order valence-corrected chi connectivity index (χ2v) is 7.16. The van der Waals surface area contributed by atoms with E-state index in [0.29, 0.717) is 11.9 Å². The zero-order valence-electron chi connectivity index (χ0n) is 11.4. The van der Waals surface area contributed by atoms with Gasteiger partial charge in [-0.25, -0.2) is 0 Å². The summed E-state index contributed by atoms with van der Waals surface area (Å²) in [5.41, 5.74) is 0. The van der Waals surface area contributed by atoms with Crippen LogP contribution in [0.25, 0.3) is 0 Å². The Balaban J connectivity index is 2.32. The molecule has 3 atom stereocenters. The summed E-state index contributed by atoms with van der Waals surface area (Å²) in [5, 5.41) is 10.9. The first-order valence-corrected chi connectivity index (χ1v) is 8.37. The molecule has 0 radical (unpaired) electrons. The number of carbonyl (C=O) groups is 1. The molecule has 1 fully saturated rings. The van der Waals surface area contributed by atoms with Gasteiger partial charge in [0.1, 0.15) is 11.6 Å². The first kappa shape index (κ1) is 15.4. The Kier molecular flexibility index (Phi) is 5.11. The maximum Gasteiger partial charge on any atom is 0.260 e. The monoisotopic (exact) mass is 298 g/mol. The van der Waals surface area contributed by atoms with Crippen LogP contribution >= 0.6 is 7.37 Å². The molecule has 1 saturated heterocycles. The van der Waals surface area contributed by atoms with Crippen LogP contribution in [0.15, 0.2) is 30.3 Å². The highest BCUT2D eigenvalue weighted by molar-refractivity contribution is 7.67. The lowest BCUT2D eigenvalue weighted by Crippen LogP contribution is -2.38. The molecule has 0 aliphatic carbocycles. The Bertz CT molecular complexity index is 502. The molecule has 1 aliphatic heterocycles. The molecule has 0 saturated carbocycles. The van der Waals surface area contributed by atoms with Crippen molar-refractivity contribution in [3.63, 3.8) is 0 Å². The first-order valence-electron chi connectivity index (χ1n) is 6.68. The van der Waals surface area contributed by atoms with Gasteiger partial charge >= 0.3 is 0 Å². The summed E-state index contributed by atoms with van der Waals surface area (Å²) in [5.74, 6) is -2.28. The van der Waals surface area contributed by atoms with E-state index in [1.165, 1.54) is 0 Å². The fourth-order valence-corrected chi connectivity index (χ4v) is 4.59. The Labute approximate surface area is 118 Å². The van der Waals surface area contributed by atoms with Crippen LogP contribution in [0, 0.1) is 5.92 Å². The van der Waals surface area contributed by atoms with Crippen molar-refractivity contribution < 1.29 is 23.7 Å². The molecule has 1 aliphatic rings. The second-order valence-electron chi connectivity index (χ2n) is 4.66. The molecule has 0 unspecified atom stereocenters. The highest BCUT2D eigenvalue weighted by atomic mass is 31.2. The lowest BCUT2D eigenvalue weighted by Gasteiger charge is -2.31. The smallest absolute Gasteiger partial charge is 0.260 e. The van der Waals surface area contributed by atoms with Gasteiger partial charge in [0.2, 0.25) is 0 Å². The minimum absolute atomic E-state index is 0.0872. The SMILES string of the molecule is CCO[P@](=O)(c1ccccc1)[C@H](O)[C@H]1COCCC1=O. The van der Waals surface area contributed by atoms with Crippen molar-refractivity contribution in [2.24, 2.45) is 5.92 Å². The molecule has 6 heteroatoms. The zero-order valence-corrected chi connectivity index (χ0v) is 12.3. The summed E-state index contributed by atoms with van der Waals surface area (Å²) >= 11 is 0. The fourth-order valence-electron chi connectivity index (χ4n) is 2.28.